The summed E-state index contributed by atoms with van der Waals surface area (Å²) in [5, 5.41) is 25.2. The molecule has 44 heavy (non-hydrogen) atoms. The van der Waals surface area contributed by atoms with Crippen LogP contribution in [0.5, 0.6) is 5.75 Å². The van der Waals surface area contributed by atoms with Crippen LogP contribution in [-0.4, -0.2) is 88.9 Å². The monoisotopic (exact) mass is 611 g/mol. The van der Waals surface area contributed by atoms with Crippen molar-refractivity contribution in [1.29, 1.82) is 0 Å². The number of carbonyl (C=O) groups excluding carboxylic acids is 4. The van der Waals surface area contributed by atoms with E-state index in [-0.39, 0.29) is 30.8 Å². The Labute approximate surface area is 257 Å². The van der Waals surface area contributed by atoms with Gasteiger partial charge in [0.25, 0.3) is 0 Å². The minimum absolute atomic E-state index is 0.0164. The molecule has 1 saturated heterocycles. The number of rotatable bonds is 8. The standard InChI is InChI=1S/C26H30BN5O8.2C2H6/c1-2-31-12-13-32(24(35)23(31)34)26(38)30-20(16-8-6-15(7-9-16)10-11-28)22(33)29-19-14-17-4-3-5-18(25(36)37)21(17)40-27(19)39;2*1-2/h3-9,19-20,39H,2,10-14,28H2,1H3,(H,29,33)(H,30,38)(H,36,37);2*1-2H3. The molecule has 2 aliphatic rings. The summed E-state index contributed by atoms with van der Waals surface area (Å²) in [4.78, 5) is 65.2. The van der Waals surface area contributed by atoms with Crippen molar-refractivity contribution in [3.05, 3.63) is 64.7 Å². The van der Waals surface area contributed by atoms with Crippen molar-refractivity contribution in [2.45, 2.75) is 59.4 Å². The lowest BCUT2D eigenvalue weighted by Crippen LogP contribution is -2.60. The van der Waals surface area contributed by atoms with Crippen LogP contribution >= 0.6 is 0 Å². The number of hydrogen-bond donors (Lipinski definition) is 5. The molecule has 0 radical (unpaired) electrons. The minimum Gasteiger partial charge on any atom is -0.534 e. The largest absolute Gasteiger partial charge is 0.547 e. The molecule has 4 rings (SSSR count). The van der Waals surface area contributed by atoms with E-state index in [1.165, 1.54) is 17.0 Å². The summed E-state index contributed by atoms with van der Waals surface area (Å²) in [5.74, 6) is -4.70. The van der Waals surface area contributed by atoms with E-state index in [1.807, 2.05) is 27.7 Å². The number of urea groups is 1. The van der Waals surface area contributed by atoms with Crippen LogP contribution < -0.4 is 21.0 Å². The highest BCUT2D eigenvalue weighted by Gasteiger charge is 2.40. The summed E-state index contributed by atoms with van der Waals surface area (Å²) in [6.45, 7) is 10.6. The SMILES string of the molecule is CC.CC.CCN1CCN(C(=O)NC(C(=O)NC2Cc3cccc(C(=O)O)c3OB2O)c2ccc(CCN)cc2)C(=O)C1=O. The molecule has 13 nitrogen and oxygen atoms in total. The smallest absolute Gasteiger partial charge is 0.534 e. The van der Waals surface area contributed by atoms with Crippen molar-refractivity contribution in [2.24, 2.45) is 5.73 Å². The molecule has 0 bridgehead atoms. The van der Waals surface area contributed by atoms with Crippen LogP contribution in [0.4, 0.5) is 4.79 Å². The van der Waals surface area contributed by atoms with E-state index in [1.54, 1.807) is 37.3 Å². The maximum absolute atomic E-state index is 13.5. The molecule has 0 aromatic heterocycles. The predicted octanol–water partition coefficient (Wildman–Crippen LogP) is 1.52. The molecule has 0 aliphatic carbocycles. The first kappa shape index (κ1) is 35.8. The Morgan fingerprint density at radius 2 is 1.70 bits per heavy atom. The highest BCUT2D eigenvalue weighted by molar-refractivity contribution is 6.47. The molecule has 0 saturated carbocycles. The Morgan fingerprint density at radius 3 is 2.30 bits per heavy atom. The van der Waals surface area contributed by atoms with Gasteiger partial charge in [0.2, 0.25) is 5.91 Å². The van der Waals surface area contributed by atoms with Crippen LogP contribution in [0.15, 0.2) is 42.5 Å². The number of likely N-dealkylation sites (N-methyl/N-ethyl adjacent to an activating group) is 1. The first-order valence-electron chi connectivity index (χ1n) is 14.8. The van der Waals surface area contributed by atoms with Crippen molar-refractivity contribution in [3.63, 3.8) is 0 Å². The maximum Gasteiger partial charge on any atom is 0.547 e. The summed E-state index contributed by atoms with van der Waals surface area (Å²) < 4.78 is 5.45. The van der Waals surface area contributed by atoms with E-state index in [2.05, 4.69) is 10.6 Å². The van der Waals surface area contributed by atoms with Crippen molar-refractivity contribution < 1.29 is 38.8 Å². The number of fused-ring (bicyclic) bond motifs is 1. The van der Waals surface area contributed by atoms with Gasteiger partial charge in [-0.3, -0.25) is 19.3 Å². The fourth-order valence-electron chi connectivity index (χ4n) is 4.70. The Bertz CT molecular complexity index is 1320. The third-order valence-electron chi connectivity index (χ3n) is 6.89. The number of carboxylic acids is 1. The molecule has 6 N–H and O–H groups in total. The number of nitrogens with two attached hydrogens (primary N) is 1. The molecule has 2 atom stereocenters. The molecule has 2 aliphatic heterocycles. The number of carbonyl (C=O) groups is 5. The number of para-hydroxylation sites is 1. The van der Waals surface area contributed by atoms with Gasteiger partial charge in [-0.15, -0.1) is 0 Å². The number of imide groups is 1. The summed E-state index contributed by atoms with van der Waals surface area (Å²) in [6, 6.07) is 9.07. The summed E-state index contributed by atoms with van der Waals surface area (Å²) in [7, 11) is -1.57. The zero-order valence-electron chi connectivity index (χ0n) is 25.8. The Morgan fingerprint density at radius 1 is 1.05 bits per heavy atom. The van der Waals surface area contributed by atoms with Crippen LogP contribution in [0.25, 0.3) is 0 Å². The predicted molar refractivity (Wildman–Crippen MR) is 165 cm³/mol. The van der Waals surface area contributed by atoms with Crippen LogP contribution in [0.2, 0.25) is 0 Å². The van der Waals surface area contributed by atoms with E-state index in [0.717, 1.165) is 10.5 Å². The van der Waals surface area contributed by atoms with E-state index in [0.29, 0.717) is 30.6 Å². The topological polar surface area (TPSA) is 192 Å². The van der Waals surface area contributed by atoms with Gasteiger partial charge in [-0.25, -0.2) is 9.59 Å². The van der Waals surface area contributed by atoms with Gasteiger partial charge in [0.05, 0.1) is 11.5 Å². The Balaban J connectivity index is 0.00000162. The van der Waals surface area contributed by atoms with E-state index in [9.17, 15) is 34.1 Å². The third kappa shape index (κ3) is 8.35. The lowest BCUT2D eigenvalue weighted by Gasteiger charge is -2.33. The van der Waals surface area contributed by atoms with Crippen LogP contribution in [0.1, 0.15) is 67.7 Å². The number of hydrogen-bond acceptors (Lipinski definition) is 8. The molecular weight excluding hydrogens is 569 g/mol. The summed E-state index contributed by atoms with van der Waals surface area (Å²) in [6.07, 6.45) is 0.663. The van der Waals surface area contributed by atoms with Crippen LogP contribution in [0, 0.1) is 0 Å². The van der Waals surface area contributed by atoms with Crippen molar-refractivity contribution >= 4 is 36.8 Å². The number of nitrogens with zero attached hydrogens (tertiary/aromatic N) is 2. The molecule has 0 spiro atoms. The Hall–Kier alpha value is -4.43. The average Bonchev–Trinajstić information content (AvgIpc) is 3.03. The number of aromatic carboxylic acids is 1. The highest BCUT2D eigenvalue weighted by Crippen LogP contribution is 2.30. The van der Waals surface area contributed by atoms with Gasteiger partial charge in [-0.2, -0.15) is 0 Å². The number of piperazine rings is 1. The molecule has 2 heterocycles. The lowest BCUT2D eigenvalue weighted by atomic mass is 9.72. The quantitative estimate of drug-likeness (QED) is 0.218. The van der Waals surface area contributed by atoms with E-state index < -0.39 is 48.8 Å². The molecule has 14 heteroatoms. The normalized spacial score (nSPS) is 16.2. The van der Waals surface area contributed by atoms with Gasteiger partial charge in [0.1, 0.15) is 11.8 Å². The van der Waals surface area contributed by atoms with Crippen LogP contribution in [0.3, 0.4) is 0 Å². The average molecular weight is 612 g/mol. The van der Waals surface area contributed by atoms with Crippen molar-refractivity contribution in [2.75, 3.05) is 26.2 Å². The van der Waals surface area contributed by atoms with E-state index in [4.69, 9.17) is 10.4 Å². The molecule has 238 valence electrons. The maximum atomic E-state index is 13.5. The van der Waals surface area contributed by atoms with Gasteiger partial charge in [-0.1, -0.05) is 64.1 Å². The highest BCUT2D eigenvalue weighted by atomic mass is 16.5. The summed E-state index contributed by atoms with van der Waals surface area (Å²) in [5.41, 5.74) is 7.27. The second-order valence-corrected chi connectivity index (χ2v) is 9.43. The molecule has 5 amide bonds. The van der Waals surface area contributed by atoms with Gasteiger partial charge in [-0.05, 0) is 49.1 Å². The van der Waals surface area contributed by atoms with Crippen molar-refractivity contribution in [3.8, 4) is 5.75 Å². The third-order valence-corrected chi connectivity index (χ3v) is 6.89. The fourth-order valence-corrected chi connectivity index (χ4v) is 4.70. The first-order valence-corrected chi connectivity index (χ1v) is 14.8. The number of benzene rings is 2. The van der Waals surface area contributed by atoms with Gasteiger partial charge in [0.15, 0.2) is 0 Å². The van der Waals surface area contributed by atoms with Gasteiger partial charge < -0.3 is 36.1 Å². The molecule has 1 fully saturated rings. The van der Waals surface area contributed by atoms with Gasteiger partial charge in [0, 0.05) is 19.6 Å². The molecule has 2 unspecified atom stereocenters. The van der Waals surface area contributed by atoms with E-state index >= 15 is 0 Å². The number of nitrogens with one attached hydrogen (secondary N) is 2. The Kier molecular flexibility index (Phi) is 13.8. The number of amides is 5. The molecule has 2 aromatic rings. The lowest BCUT2D eigenvalue weighted by molar-refractivity contribution is -0.153. The molecule has 2 aromatic carbocycles. The fraction of sp³-hybridized carbons (Fsp3) is 0.433. The van der Waals surface area contributed by atoms with Gasteiger partial charge >= 0.3 is 30.9 Å². The number of carboxylic acid groups (broad SMARTS) is 1. The minimum atomic E-state index is -1.57. The zero-order valence-corrected chi connectivity index (χ0v) is 25.8. The van der Waals surface area contributed by atoms with Crippen LogP contribution in [-0.2, 0) is 27.2 Å². The second kappa shape index (κ2) is 17.0. The second-order valence-electron chi connectivity index (χ2n) is 9.43. The summed E-state index contributed by atoms with van der Waals surface area (Å²) >= 11 is 0. The molecular formula is C30H42BN5O8. The first-order chi connectivity index (χ1) is 21.1. The zero-order chi connectivity index (χ0) is 33.0. The van der Waals surface area contributed by atoms with Crippen molar-refractivity contribution in [1.82, 2.24) is 20.4 Å².